The third-order valence-corrected chi connectivity index (χ3v) is 6.12. The highest BCUT2D eigenvalue weighted by Crippen LogP contribution is 2.28. The summed E-state index contributed by atoms with van der Waals surface area (Å²) in [5, 5.41) is 19.0. The van der Waals surface area contributed by atoms with Crippen molar-refractivity contribution in [2.75, 3.05) is 6.54 Å². The summed E-state index contributed by atoms with van der Waals surface area (Å²) >= 11 is 0. The zero-order valence-electron chi connectivity index (χ0n) is 22.9. The molecule has 0 fully saturated rings. The third-order valence-electron chi connectivity index (χ3n) is 6.12. The average Bonchev–Trinajstić information content (AvgIpc) is 2.96. The normalized spacial score (nSPS) is 11.5. The number of carbonyl (C=O) groups is 3. The molecule has 0 bridgehead atoms. The molecule has 1 atom stereocenters. The average molecular weight is 604 g/mol. The van der Waals surface area contributed by atoms with Gasteiger partial charge in [-0.25, -0.2) is 9.59 Å². The van der Waals surface area contributed by atoms with Gasteiger partial charge >= 0.3 is 18.1 Å². The van der Waals surface area contributed by atoms with Crippen LogP contribution in [0.15, 0.2) is 88.8 Å². The molecule has 0 aliphatic carbocycles. The van der Waals surface area contributed by atoms with Gasteiger partial charge in [0.2, 0.25) is 0 Å². The first-order valence-corrected chi connectivity index (χ1v) is 13.0. The van der Waals surface area contributed by atoms with E-state index in [4.69, 9.17) is 21.4 Å². The molecule has 0 aliphatic rings. The molecule has 43 heavy (non-hydrogen) atoms. The molecule has 3 aromatic rings. The summed E-state index contributed by atoms with van der Waals surface area (Å²) in [6.45, 7) is 0.624. The van der Waals surface area contributed by atoms with E-state index in [9.17, 15) is 32.7 Å². The molecule has 0 radical (unpaired) electrons. The van der Waals surface area contributed by atoms with Crippen molar-refractivity contribution >= 4 is 23.8 Å². The molecule has 0 saturated carbocycles. The van der Waals surface area contributed by atoms with E-state index >= 15 is 0 Å². The first-order chi connectivity index (χ1) is 20.3. The molecule has 1 amide bonds. The molecule has 3 rings (SSSR count). The first kappa shape index (κ1) is 34.1. The summed E-state index contributed by atoms with van der Waals surface area (Å²) in [7, 11) is 0. The Morgan fingerprint density at radius 3 is 1.88 bits per heavy atom. The number of aliphatic carboxylic acids is 2. The maximum absolute atomic E-state index is 13.1. The molecule has 0 unspecified atom stereocenters. The van der Waals surface area contributed by atoms with Crippen molar-refractivity contribution in [1.29, 1.82) is 0 Å². The molecular weight excluding hydrogens is 571 g/mol. The second-order valence-corrected chi connectivity index (χ2v) is 9.20. The summed E-state index contributed by atoms with van der Waals surface area (Å²) in [5.74, 6) is -4.70. The van der Waals surface area contributed by atoms with Crippen molar-refractivity contribution in [2.24, 2.45) is 16.5 Å². The Hall–Kier alpha value is -5.14. The highest BCUT2D eigenvalue weighted by molar-refractivity contribution is 5.96. The highest BCUT2D eigenvalue weighted by atomic mass is 19.4. The Morgan fingerprint density at radius 1 is 0.884 bits per heavy atom. The maximum atomic E-state index is 13.1. The predicted molar refractivity (Wildman–Crippen MR) is 153 cm³/mol. The number of nitrogens with two attached hydrogens (primary N) is 2. The van der Waals surface area contributed by atoms with Crippen LogP contribution in [0.5, 0.6) is 0 Å². The minimum Gasteiger partial charge on any atom is -0.480 e. The van der Waals surface area contributed by atoms with Crippen LogP contribution in [0.3, 0.4) is 0 Å². The number of hydrogen-bond acceptors (Lipinski definition) is 5. The molecule has 11 nitrogen and oxygen atoms in total. The van der Waals surface area contributed by atoms with Gasteiger partial charge in [0.1, 0.15) is 11.6 Å². The van der Waals surface area contributed by atoms with Gasteiger partial charge in [-0.15, -0.1) is 0 Å². The van der Waals surface area contributed by atoms with Gasteiger partial charge in [0.25, 0.3) is 11.5 Å². The number of alkyl halides is 3. The fourth-order valence-electron chi connectivity index (χ4n) is 4.05. The number of amides is 1. The maximum Gasteiger partial charge on any atom is 0.490 e. The van der Waals surface area contributed by atoms with Crippen LogP contribution in [0.4, 0.5) is 13.2 Å². The Kier molecular flexibility index (Phi) is 12.9. The Labute approximate surface area is 244 Å². The number of guanidine groups is 1. The van der Waals surface area contributed by atoms with E-state index in [-0.39, 0.29) is 30.4 Å². The topological polar surface area (TPSA) is 190 Å². The number of aliphatic imine (C=N–C) groups is 1. The van der Waals surface area contributed by atoms with Crippen molar-refractivity contribution in [2.45, 2.75) is 43.9 Å². The number of nitrogens with one attached hydrogen (secondary N) is 1. The second kappa shape index (κ2) is 16.3. The molecule has 0 aliphatic heterocycles. The summed E-state index contributed by atoms with van der Waals surface area (Å²) in [5.41, 5.74) is 12.2. The summed E-state index contributed by atoms with van der Waals surface area (Å²) in [4.78, 5) is 50.2. The van der Waals surface area contributed by atoms with E-state index in [1.54, 1.807) is 12.3 Å². The van der Waals surface area contributed by atoms with Crippen molar-refractivity contribution in [3.8, 4) is 0 Å². The lowest BCUT2D eigenvalue weighted by Crippen LogP contribution is -2.43. The van der Waals surface area contributed by atoms with Crippen molar-refractivity contribution in [3.05, 3.63) is 106 Å². The van der Waals surface area contributed by atoms with E-state index in [0.29, 0.717) is 19.4 Å². The van der Waals surface area contributed by atoms with Gasteiger partial charge < -0.3 is 31.6 Å². The number of nitrogens with zero attached hydrogens (tertiary/aromatic N) is 2. The fraction of sp³-hybridized carbons (Fsp3) is 0.276. The van der Waals surface area contributed by atoms with E-state index in [1.807, 2.05) is 36.4 Å². The number of halogens is 3. The minimum absolute atomic E-state index is 0.0680. The summed E-state index contributed by atoms with van der Waals surface area (Å²) < 4.78 is 33.2. The number of aryl methyl sites for hydroxylation is 1. The van der Waals surface area contributed by atoms with Crippen LogP contribution < -0.4 is 22.3 Å². The summed E-state index contributed by atoms with van der Waals surface area (Å²) in [6, 6.07) is 21.9. The van der Waals surface area contributed by atoms with Gasteiger partial charge in [0.05, 0.1) is 0 Å². The molecule has 0 spiro atoms. The molecule has 1 heterocycles. The van der Waals surface area contributed by atoms with Gasteiger partial charge in [0, 0.05) is 25.2 Å². The number of carbonyl (C=O) groups excluding carboxylic acids is 1. The van der Waals surface area contributed by atoms with E-state index in [0.717, 1.165) is 11.1 Å². The molecule has 230 valence electrons. The largest absolute Gasteiger partial charge is 0.490 e. The molecule has 0 saturated heterocycles. The lowest BCUT2D eigenvalue weighted by atomic mass is 9.88. The minimum atomic E-state index is -5.08. The molecule has 14 heteroatoms. The number of carboxylic acid groups (broad SMARTS) is 2. The number of rotatable bonds is 12. The molecular formula is C29H32F3N5O6. The van der Waals surface area contributed by atoms with Crippen LogP contribution in [0, 0.1) is 0 Å². The predicted octanol–water partition coefficient (Wildman–Crippen LogP) is 2.94. The Bertz CT molecular complexity index is 1400. The lowest BCUT2D eigenvalue weighted by Gasteiger charge is -2.19. The number of benzene rings is 2. The Balaban J connectivity index is 0.000000821. The zero-order chi connectivity index (χ0) is 32.0. The smallest absolute Gasteiger partial charge is 0.480 e. The van der Waals surface area contributed by atoms with Crippen LogP contribution in [-0.4, -0.2) is 57.3 Å². The summed E-state index contributed by atoms with van der Waals surface area (Å²) in [6.07, 6.45) is -2.33. The fourth-order valence-corrected chi connectivity index (χ4v) is 4.05. The van der Waals surface area contributed by atoms with Crippen molar-refractivity contribution < 1.29 is 37.8 Å². The van der Waals surface area contributed by atoms with Crippen LogP contribution in [-0.2, 0) is 16.1 Å². The van der Waals surface area contributed by atoms with Gasteiger partial charge in [-0.05, 0) is 42.5 Å². The highest BCUT2D eigenvalue weighted by Gasteiger charge is 2.38. The SMILES string of the molecule is NC(N)=NCCC[C@H](NC(=O)c1cccn(CCC(c2ccccc2)c2ccccc2)c1=O)C(=O)O.O=C(O)C(F)(F)F. The van der Waals surface area contributed by atoms with Gasteiger partial charge in [-0.3, -0.25) is 14.6 Å². The van der Waals surface area contributed by atoms with Crippen molar-refractivity contribution in [3.63, 3.8) is 0 Å². The molecule has 1 aromatic heterocycles. The third kappa shape index (κ3) is 11.3. The van der Waals surface area contributed by atoms with Gasteiger partial charge in [0.15, 0.2) is 5.96 Å². The number of aromatic nitrogens is 1. The molecule has 7 N–H and O–H groups in total. The number of carboxylic acids is 2. The van der Waals surface area contributed by atoms with Crippen LogP contribution in [0.25, 0.3) is 0 Å². The monoisotopic (exact) mass is 603 g/mol. The van der Waals surface area contributed by atoms with Crippen LogP contribution >= 0.6 is 0 Å². The number of pyridine rings is 1. The van der Waals surface area contributed by atoms with E-state index < -0.39 is 35.6 Å². The molecule has 2 aromatic carbocycles. The lowest BCUT2D eigenvalue weighted by molar-refractivity contribution is -0.192. The van der Waals surface area contributed by atoms with E-state index in [2.05, 4.69) is 34.6 Å². The van der Waals surface area contributed by atoms with Crippen LogP contribution in [0.2, 0.25) is 0 Å². The van der Waals surface area contributed by atoms with E-state index in [1.165, 1.54) is 10.6 Å². The van der Waals surface area contributed by atoms with Gasteiger partial charge in [-0.1, -0.05) is 60.7 Å². The van der Waals surface area contributed by atoms with Crippen LogP contribution in [0.1, 0.15) is 46.7 Å². The first-order valence-electron chi connectivity index (χ1n) is 13.0. The number of hydrogen-bond donors (Lipinski definition) is 5. The quantitative estimate of drug-likeness (QED) is 0.119. The van der Waals surface area contributed by atoms with Gasteiger partial charge in [-0.2, -0.15) is 13.2 Å². The standard InChI is InChI=1S/C27H31N5O4.C2HF3O2/c28-27(29)30-16-7-14-23(26(35)36)31-24(33)22-13-8-17-32(25(22)34)18-15-21(19-9-3-1-4-10-19)20-11-5-2-6-12-20;3-2(4,5)1(6)7/h1-6,8-13,17,21,23H,7,14-16,18H2,(H,31,33)(H,35,36)(H4,28,29,30);(H,6,7)/t23-;/m0./s1. The van der Waals surface area contributed by atoms with Crippen molar-refractivity contribution in [1.82, 2.24) is 9.88 Å². The second-order valence-electron chi connectivity index (χ2n) is 9.20. The Morgan fingerprint density at radius 2 is 1.42 bits per heavy atom. The zero-order valence-corrected chi connectivity index (χ0v) is 22.9.